The summed E-state index contributed by atoms with van der Waals surface area (Å²) in [6.07, 6.45) is -0.764. The molecule has 0 aliphatic rings. The van der Waals surface area contributed by atoms with Crippen molar-refractivity contribution < 1.29 is 24.7 Å². The predicted octanol–water partition coefficient (Wildman–Crippen LogP) is 1.29. The van der Waals surface area contributed by atoms with Gasteiger partial charge in [0.1, 0.15) is 11.2 Å². The molecule has 1 aromatic heterocycles. The van der Waals surface area contributed by atoms with Gasteiger partial charge in [-0.05, 0) is 13.0 Å². The van der Waals surface area contributed by atoms with Crippen molar-refractivity contribution in [3.8, 4) is 0 Å². The number of nitrogens with zero attached hydrogens (tertiary/aromatic N) is 2. The van der Waals surface area contributed by atoms with Crippen molar-refractivity contribution in [1.82, 2.24) is 4.98 Å². The zero-order valence-corrected chi connectivity index (χ0v) is 10.9. The van der Waals surface area contributed by atoms with Crippen molar-refractivity contribution >= 4 is 35.0 Å². The number of hydrogen-bond acceptors (Lipinski definition) is 6. The van der Waals surface area contributed by atoms with E-state index in [-0.39, 0.29) is 16.5 Å². The second kappa shape index (κ2) is 6.15. The van der Waals surface area contributed by atoms with Crippen LogP contribution < -0.4 is 5.32 Å². The third-order valence-corrected chi connectivity index (χ3v) is 2.52. The van der Waals surface area contributed by atoms with E-state index in [0.29, 0.717) is 0 Å². The van der Waals surface area contributed by atoms with Gasteiger partial charge in [-0.3, -0.25) is 14.9 Å². The van der Waals surface area contributed by atoms with Gasteiger partial charge in [0, 0.05) is 5.56 Å². The molecular formula is C10H10ClN3O6. The second-order valence-electron chi connectivity index (χ2n) is 3.85. The van der Waals surface area contributed by atoms with Crippen LogP contribution in [0.1, 0.15) is 12.0 Å². The van der Waals surface area contributed by atoms with Gasteiger partial charge in [-0.1, -0.05) is 11.6 Å². The number of aliphatic carboxylic acids is 2. The molecule has 1 heterocycles. The molecule has 9 nitrogen and oxygen atoms in total. The Hall–Kier alpha value is -2.42. The molecule has 1 atom stereocenters. The lowest BCUT2D eigenvalue weighted by Gasteiger charge is -2.14. The highest BCUT2D eigenvalue weighted by Crippen LogP contribution is 2.29. The largest absolute Gasteiger partial charge is 0.481 e. The number of aromatic nitrogens is 1. The smallest absolute Gasteiger partial charge is 0.326 e. The number of anilines is 1. The fourth-order valence-electron chi connectivity index (χ4n) is 1.50. The average molecular weight is 304 g/mol. The van der Waals surface area contributed by atoms with Crippen molar-refractivity contribution in [2.75, 3.05) is 5.32 Å². The van der Waals surface area contributed by atoms with Crippen LogP contribution in [0, 0.1) is 17.0 Å². The number of nitrogens with one attached hydrogen (secondary N) is 1. The van der Waals surface area contributed by atoms with Crippen LogP contribution in [-0.2, 0) is 9.59 Å². The Morgan fingerprint density at radius 3 is 2.60 bits per heavy atom. The Bertz CT molecular complexity index is 576. The predicted molar refractivity (Wildman–Crippen MR) is 67.9 cm³/mol. The summed E-state index contributed by atoms with van der Waals surface area (Å²) in [5.41, 5.74) is -0.275. The Kier molecular flexibility index (Phi) is 4.81. The summed E-state index contributed by atoms with van der Waals surface area (Å²) in [6, 6.07) is -0.311. The number of carbonyl (C=O) groups is 2. The first-order chi connectivity index (χ1) is 9.22. The third kappa shape index (κ3) is 3.79. The van der Waals surface area contributed by atoms with Gasteiger partial charge >= 0.3 is 17.6 Å². The molecule has 1 rings (SSSR count). The molecule has 20 heavy (non-hydrogen) atoms. The maximum atomic E-state index is 10.9. The van der Waals surface area contributed by atoms with Gasteiger partial charge in [-0.2, -0.15) is 0 Å². The minimum absolute atomic E-state index is 0.0740. The van der Waals surface area contributed by atoms with E-state index in [2.05, 4.69) is 10.3 Å². The fourth-order valence-corrected chi connectivity index (χ4v) is 1.74. The molecule has 0 unspecified atom stereocenters. The lowest BCUT2D eigenvalue weighted by atomic mass is 10.2. The number of pyridine rings is 1. The topological polar surface area (TPSA) is 143 Å². The molecule has 0 bridgehead atoms. The molecule has 1 aromatic rings. The van der Waals surface area contributed by atoms with Crippen molar-refractivity contribution in [2.24, 2.45) is 0 Å². The number of rotatable bonds is 6. The number of nitro groups is 1. The van der Waals surface area contributed by atoms with Crippen LogP contribution in [0.4, 0.5) is 11.5 Å². The van der Waals surface area contributed by atoms with Gasteiger partial charge in [0.25, 0.3) is 0 Å². The number of aryl methyl sites for hydroxylation is 1. The van der Waals surface area contributed by atoms with Crippen molar-refractivity contribution in [1.29, 1.82) is 0 Å². The SMILES string of the molecule is Cc1cc(Cl)nc(N[C@@H](CC(=O)O)C(=O)O)c1[N+](=O)[O-]. The van der Waals surface area contributed by atoms with Crippen LogP contribution >= 0.6 is 11.6 Å². The van der Waals surface area contributed by atoms with E-state index in [4.69, 9.17) is 21.8 Å². The van der Waals surface area contributed by atoms with E-state index in [9.17, 15) is 19.7 Å². The number of halogens is 1. The monoisotopic (exact) mass is 303 g/mol. The van der Waals surface area contributed by atoms with Crippen LogP contribution in [0.2, 0.25) is 5.15 Å². The molecule has 3 N–H and O–H groups in total. The molecule has 0 aliphatic heterocycles. The van der Waals surface area contributed by atoms with E-state index in [1.54, 1.807) is 0 Å². The van der Waals surface area contributed by atoms with E-state index < -0.39 is 35.0 Å². The maximum Gasteiger partial charge on any atom is 0.326 e. The molecule has 0 aromatic carbocycles. The summed E-state index contributed by atoms with van der Waals surface area (Å²) in [4.78, 5) is 35.3. The van der Waals surface area contributed by atoms with Gasteiger partial charge in [-0.15, -0.1) is 0 Å². The zero-order valence-electron chi connectivity index (χ0n) is 10.2. The van der Waals surface area contributed by atoms with Crippen LogP contribution in [0.15, 0.2) is 6.07 Å². The summed E-state index contributed by atoms with van der Waals surface area (Å²) in [7, 11) is 0. The summed E-state index contributed by atoms with van der Waals surface area (Å²) < 4.78 is 0. The third-order valence-electron chi connectivity index (χ3n) is 2.32. The van der Waals surface area contributed by atoms with Gasteiger partial charge in [0.05, 0.1) is 11.3 Å². The molecule has 0 saturated carbocycles. The molecule has 10 heteroatoms. The normalized spacial score (nSPS) is 11.7. The summed E-state index contributed by atoms with van der Waals surface area (Å²) in [5, 5.41) is 30.6. The minimum Gasteiger partial charge on any atom is -0.481 e. The number of carboxylic acid groups (broad SMARTS) is 2. The van der Waals surface area contributed by atoms with Crippen molar-refractivity contribution in [2.45, 2.75) is 19.4 Å². The summed E-state index contributed by atoms with van der Waals surface area (Å²) >= 11 is 5.66. The van der Waals surface area contributed by atoms with E-state index in [1.165, 1.54) is 13.0 Å². The maximum absolute atomic E-state index is 10.9. The summed E-state index contributed by atoms with van der Waals surface area (Å²) in [5.74, 6) is -3.22. The highest BCUT2D eigenvalue weighted by Gasteiger charge is 2.27. The quantitative estimate of drug-likeness (QED) is 0.405. The molecule has 0 amide bonds. The van der Waals surface area contributed by atoms with Gasteiger partial charge in [-0.25, -0.2) is 9.78 Å². The highest BCUT2D eigenvalue weighted by atomic mass is 35.5. The lowest BCUT2D eigenvalue weighted by Crippen LogP contribution is -2.32. The summed E-state index contributed by atoms with van der Waals surface area (Å²) in [6.45, 7) is 1.41. The first-order valence-corrected chi connectivity index (χ1v) is 5.62. The van der Waals surface area contributed by atoms with E-state index >= 15 is 0 Å². The van der Waals surface area contributed by atoms with E-state index in [1.807, 2.05) is 0 Å². The van der Waals surface area contributed by atoms with E-state index in [0.717, 1.165) is 0 Å². The van der Waals surface area contributed by atoms with Crippen molar-refractivity contribution in [3.63, 3.8) is 0 Å². The number of hydrogen-bond donors (Lipinski definition) is 3. The molecule has 0 spiro atoms. The molecule has 0 fully saturated rings. The average Bonchev–Trinajstić information content (AvgIpc) is 2.25. The Morgan fingerprint density at radius 1 is 1.55 bits per heavy atom. The van der Waals surface area contributed by atoms with Gasteiger partial charge < -0.3 is 15.5 Å². The van der Waals surface area contributed by atoms with Gasteiger partial charge in [0.15, 0.2) is 0 Å². The van der Waals surface area contributed by atoms with Crippen LogP contribution in [0.25, 0.3) is 0 Å². The first-order valence-electron chi connectivity index (χ1n) is 5.25. The molecule has 0 saturated heterocycles. The van der Waals surface area contributed by atoms with Crippen LogP contribution in [0.3, 0.4) is 0 Å². The number of carboxylic acids is 2. The minimum atomic E-state index is -1.56. The highest BCUT2D eigenvalue weighted by molar-refractivity contribution is 6.29. The van der Waals surface area contributed by atoms with Crippen LogP contribution in [-0.4, -0.2) is 38.1 Å². The standard InChI is InChI=1S/C10H10ClN3O6/c1-4-2-6(11)13-9(8(4)14(19)20)12-5(10(17)18)3-7(15)16/h2,5H,3H2,1H3,(H,12,13)(H,15,16)(H,17,18)/t5-/m0/s1. The van der Waals surface area contributed by atoms with Crippen LogP contribution in [0.5, 0.6) is 0 Å². The first kappa shape index (κ1) is 15.6. The molecule has 0 radical (unpaired) electrons. The Morgan fingerprint density at radius 2 is 2.15 bits per heavy atom. The molecular weight excluding hydrogens is 294 g/mol. The molecule has 108 valence electrons. The molecule has 0 aliphatic carbocycles. The fraction of sp³-hybridized carbons (Fsp3) is 0.300. The van der Waals surface area contributed by atoms with Gasteiger partial charge in [0.2, 0.25) is 5.82 Å². The van der Waals surface area contributed by atoms with Crippen molar-refractivity contribution in [3.05, 3.63) is 26.9 Å². The Labute approximate surface area is 117 Å². The second-order valence-corrected chi connectivity index (χ2v) is 4.24. The lowest BCUT2D eigenvalue weighted by molar-refractivity contribution is -0.384. The zero-order chi connectivity index (χ0) is 15.4. The Balaban J connectivity index is 3.21.